The number of carbonyl (C=O) groups excluding carboxylic acids is 1. The Morgan fingerprint density at radius 1 is 0.432 bits per heavy atom. The van der Waals surface area contributed by atoms with Crippen LogP contribution in [0.4, 0.5) is 0 Å². The molecule has 34 heteroatoms. The van der Waals surface area contributed by atoms with E-state index >= 15 is 0 Å². The van der Waals surface area contributed by atoms with Crippen molar-refractivity contribution in [1.29, 1.82) is 0 Å². The van der Waals surface area contributed by atoms with Gasteiger partial charge >= 0.3 is 0 Å². The molecule has 22 aliphatic heterocycles. The second kappa shape index (κ2) is 27.1. The van der Waals surface area contributed by atoms with Gasteiger partial charge in [-0.05, 0) is 26.2 Å². The first kappa shape index (κ1) is 63.1. The molecule has 81 heavy (non-hydrogen) atoms. The summed E-state index contributed by atoms with van der Waals surface area (Å²) in [5, 5.41) is 200. The third kappa shape index (κ3) is 12.9. The van der Waals surface area contributed by atoms with E-state index < -0.39 is 230 Å². The molecule has 31 atom stereocenters. The van der Waals surface area contributed by atoms with Crippen molar-refractivity contribution in [3.8, 4) is 0 Å². The number of hydrogen-bond donors (Lipinski definition) is 17. The number of carbonyl (C=O) groups is 1. The molecule has 0 radical (unpaired) electrons. The fourth-order valence-electron chi connectivity index (χ4n) is 11.4. The molecule has 22 saturated heterocycles. The fraction of sp³-hybridized carbons (Fsp3) is 0.936. The molecule has 34 nitrogen and oxygen atoms in total. The van der Waals surface area contributed by atoms with E-state index in [2.05, 4.69) is 10.3 Å². The van der Waals surface area contributed by atoms with E-state index in [9.17, 15) is 91.6 Å². The van der Waals surface area contributed by atoms with Gasteiger partial charge in [-0.1, -0.05) is 18.1 Å². The van der Waals surface area contributed by atoms with Crippen molar-refractivity contribution in [1.82, 2.24) is 15.0 Å². The molecule has 0 aromatic carbocycles. The van der Waals surface area contributed by atoms with Gasteiger partial charge in [0.25, 0.3) is 0 Å². The SMILES string of the molecule is CC(=O)COC1CCCCCc2c1nnn2CC1OC2OC3C(CO)OC(OC4C(CO)OC(OC5C(CO)OC(OC6C(CO)OC(OC7C(CO)OC(OC1C(O)C2O)C(O)C7O)C(O)C6O)C(O)C5O)C(O)C4O)C(O)C3O. The lowest BCUT2D eigenvalue weighted by atomic mass is 9.94. The number of rotatable bonds is 10. The van der Waals surface area contributed by atoms with Crippen LogP contribution in [0.5, 0.6) is 0 Å². The van der Waals surface area contributed by atoms with Crippen LogP contribution in [0.2, 0.25) is 0 Å². The number of aromatic nitrogens is 3. The molecule has 1 aromatic rings. The molecule has 22 fully saturated rings. The van der Waals surface area contributed by atoms with E-state index in [0.29, 0.717) is 30.7 Å². The summed E-state index contributed by atoms with van der Waals surface area (Å²) in [4.78, 5) is 12.0. The van der Waals surface area contributed by atoms with Gasteiger partial charge in [-0.3, -0.25) is 4.79 Å². The van der Waals surface area contributed by atoms with Crippen molar-refractivity contribution >= 4 is 5.78 Å². The van der Waals surface area contributed by atoms with Crippen LogP contribution in [0.1, 0.15) is 50.1 Å². The van der Waals surface area contributed by atoms with Crippen LogP contribution in [0.3, 0.4) is 0 Å². The fourth-order valence-corrected chi connectivity index (χ4v) is 11.4. The van der Waals surface area contributed by atoms with Crippen LogP contribution in [-0.4, -0.2) is 331 Å². The molecule has 0 saturated carbocycles. The summed E-state index contributed by atoms with van der Waals surface area (Å²) in [6.07, 6.45) is -56.8. The van der Waals surface area contributed by atoms with Gasteiger partial charge in [0.05, 0.1) is 45.3 Å². The van der Waals surface area contributed by atoms with Gasteiger partial charge in [-0.25, -0.2) is 4.68 Å². The molecular weight excluding hydrogens is 1100 g/mol. The maximum Gasteiger partial charge on any atom is 0.187 e. The number of ketones is 1. The normalized spacial score (nSPS) is 49.3. The van der Waals surface area contributed by atoms with Crippen LogP contribution in [0, 0.1) is 0 Å². The standard InChI is InChI=1S/C47H75N3O31/c1-14(56)13-69-16-6-4-2-3-5-15-23(16)48-49-50(15)7-17-36-24(57)30(63)42(70-17)77-37-18(8-51)72-44(32(65)26(37)59)79-39-20(10-53)74-46(34(67)28(39)61)81-41-22(12-55)75-47(35(68)29(41)62)80-40-21(11-54)73-45(33(66)27(40)60)78-38-19(9-52)71-43(76-36)31(64)25(38)58/h16-22,24-47,51-55,57-68H,2-13H2,1H3. The number of Topliss-reactive ketones (excluding diaryl/α,β-unsaturated/α-hetero) is 1. The number of hydrogen-bond acceptors (Lipinski definition) is 33. The van der Waals surface area contributed by atoms with E-state index in [4.69, 9.17) is 61.6 Å². The Bertz CT molecular complexity index is 2160. The second-order valence-corrected chi connectivity index (χ2v) is 21.4. The van der Waals surface area contributed by atoms with Crippen LogP contribution < -0.4 is 0 Å². The smallest absolute Gasteiger partial charge is 0.187 e. The Labute approximate surface area is 460 Å². The van der Waals surface area contributed by atoms with Crippen molar-refractivity contribution in [3.63, 3.8) is 0 Å². The van der Waals surface area contributed by atoms with E-state index in [-0.39, 0.29) is 12.4 Å². The maximum absolute atomic E-state index is 12.0. The van der Waals surface area contributed by atoms with E-state index in [0.717, 1.165) is 12.8 Å². The molecule has 0 spiro atoms. The summed E-state index contributed by atoms with van der Waals surface area (Å²) in [5.41, 5.74) is 0.904. The minimum atomic E-state index is -2.18. The van der Waals surface area contributed by atoms with Gasteiger partial charge in [0.1, 0.15) is 165 Å². The highest BCUT2D eigenvalue weighted by Gasteiger charge is 2.59. The lowest BCUT2D eigenvalue weighted by Crippen LogP contribution is -2.69. The van der Waals surface area contributed by atoms with Crippen LogP contribution in [-0.2, 0) is 79.3 Å². The van der Waals surface area contributed by atoms with Gasteiger partial charge in [0.2, 0.25) is 0 Å². The molecule has 17 N–H and O–H groups in total. The number of aliphatic hydroxyl groups is 17. The minimum Gasteiger partial charge on any atom is -0.394 e. The summed E-state index contributed by atoms with van der Waals surface area (Å²) < 4.78 is 77.8. The molecule has 12 bridgehead atoms. The summed E-state index contributed by atoms with van der Waals surface area (Å²) in [7, 11) is 0. The van der Waals surface area contributed by atoms with Crippen molar-refractivity contribution in [2.24, 2.45) is 0 Å². The highest BCUT2D eigenvalue weighted by atomic mass is 16.8. The first-order valence-electron chi connectivity index (χ1n) is 26.8. The first-order valence-corrected chi connectivity index (χ1v) is 26.8. The van der Waals surface area contributed by atoms with E-state index in [1.807, 2.05) is 0 Å². The zero-order chi connectivity index (χ0) is 58.3. The Morgan fingerprint density at radius 3 is 1.02 bits per heavy atom. The number of fused-ring (bicyclic) bond motifs is 1. The topological polar surface area (TPSA) is 512 Å². The number of nitrogens with zero attached hydrogens (tertiary/aromatic N) is 3. The van der Waals surface area contributed by atoms with Crippen molar-refractivity contribution in [2.75, 3.05) is 39.6 Å². The Hall–Kier alpha value is -2.39. The molecule has 24 rings (SSSR count). The first-order chi connectivity index (χ1) is 38.7. The van der Waals surface area contributed by atoms with Crippen molar-refractivity contribution < 1.29 is 153 Å². The Morgan fingerprint density at radius 2 is 0.728 bits per heavy atom. The second-order valence-electron chi connectivity index (χ2n) is 21.4. The summed E-state index contributed by atoms with van der Waals surface area (Å²) in [5.74, 6) is -0.243. The molecule has 464 valence electrons. The molecular formula is C47H75N3O31. The van der Waals surface area contributed by atoms with Crippen molar-refractivity contribution in [3.05, 3.63) is 11.4 Å². The molecule has 23 aliphatic rings. The molecule has 31 unspecified atom stereocenters. The summed E-state index contributed by atoms with van der Waals surface area (Å²) >= 11 is 0. The summed E-state index contributed by atoms with van der Waals surface area (Å²) in [6, 6.07) is 0. The quantitative estimate of drug-likeness (QED) is 0.103. The number of ether oxygens (including phenoxy) is 13. The monoisotopic (exact) mass is 1180 g/mol. The van der Waals surface area contributed by atoms with Crippen LogP contribution in [0.15, 0.2) is 0 Å². The number of aliphatic hydroxyl groups excluding tert-OH is 17. The van der Waals surface area contributed by atoms with Gasteiger partial charge in [-0.2, -0.15) is 0 Å². The molecule has 1 aromatic heterocycles. The minimum absolute atomic E-state index is 0.221. The van der Waals surface area contributed by atoms with Gasteiger partial charge in [0, 0.05) is 0 Å². The average Bonchev–Trinajstić information content (AvgIpc) is 3.83. The third-order valence-electron chi connectivity index (χ3n) is 15.9. The molecule has 0 amide bonds. The van der Waals surface area contributed by atoms with E-state index in [1.54, 1.807) is 0 Å². The predicted molar refractivity (Wildman–Crippen MR) is 250 cm³/mol. The van der Waals surface area contributed by atoms with Crippen molar-refractivity contribution in [2.45, 2.75) is 236 Å². The average molecular weight is 1180 g/mol. The maximum atomic E-state index is 12.0. The zero-order valence-electron chi connectivity index (χ0n) is 43.5. The highest BCUT2D eigenvalue weighted by Crippen LogP contribution is 2.39. The largest absolute Gasteiger partial charge is 0.394 e. The molecule has 1 aliphatic carbocycles. The zero-order valence-corrected chi connectivity index (χ0v) is 43.5. The molecule has 23 heterocycles. The lowest BCUT2D eigenvalue weighted by molar-refractivity contribution is -0.403. The highest BCUT2D eigenvalue weighted by molar-refractivity contribution is 5.76. The van der Waals surface area contributed by atoms with Gasteiger partial charge in [0.15, 0.2) is 43.5 Å². The Balaban J connectivity index is 1.05. The van der Waals surface area contributed by atoms with Gasteiger partial charge < -0.3 is 148 Å². The van der Waals surface area contributed by atoms with Crippen LogP contribution in [0.25, 0.3) is 0 Å². The third-order valence-corrected chi connectivity index (χ3v) is 15.9. The van der Waals surface area contributed by atoms with Gasteiger partial charge in [-0.15, -0.1) is 5.10 Å². The van der Waals surface area contributed by atoms with E-state index in [1.165, 1.54) is 11.6 Å². The Kier molecular flexibility index (Phi) is 21.1. The lowest BCUT2D eigenvalue weighted by Gasteiger charge is -2.50. The van der Waals surface area contributed by atoms with Crippen LogP contribution >= 0.6 is 0 Å². The predicted octanol–water partition coefficient (Wildman–Crippen LogP) is -11.0. The summed E-state index contributed by atoms with van der Waals surface area (Å²) in [6.45, 7) is -4.34.